The van der Waals surface area contributed by atoms with Crippen LogP contribution < -0.4 is 4.74 Å². The molecule has 0 spiro atoms. The lowest BCUT2D eigenvalue weighted by atomic mass is 10.1. The number of benzene rings is 1. The summed E-state index contributed by atoms with van der Waals surface area (Å²) in [6.45, 7) is 2.06. The van der Waals surface area contributed by atoms with Crippen LogP contribution in [0.2, 0.25) is 5.15 Å². The van der Waals surface area contributed by atoms with E-state index in [-0.39, 0.29) is 6.10 Å². The smallest absolute Gasteiger partial charge is 0.241 e. The van der Waals surface area contributed by atoms with Gasteiger partial charge in [0.15, 0.2) is 5.15 Å². The van der Waals surface area contributed by atoms with Crippen LogP contribution in [0.3, 0.4) is 0 Å². The zero-order chi connectivity index (χ0) is 13.2. The van der Waals surface area contributed by atoms with Gasteiger partial charge in [-0.15, -0.1) is 10.2 Å². The molecule has 1 unspecified atom stereocenters. The molecule has 2 aromatic rings. The van der Waals surface area contributed by atoms with Crippen LogP contribution in [0.1, 0.15) is 12.8 Å². The molecule has 0 N–H and O–H groups in total. The van der Waals surface area contributed by atoms with Crippen molar-refractivity contribution in [2.45, 2.75) is 18.9 Å². The molecule has 100 valence electrons. The molecule has 1 saturated heterocycles. The van der Waals surface area contributed by atoms with Crippen LogP contribution in [0.15, 0.2) is 24.3 Å². The van der Waals surface area contributed by atoms with Crippen LogP contribution in [-0.4, -0.2) is 41.3 Å². The van der Waals surface area contributed by atoms with Crippen molar-refractivity contribution in [3.63, 3.8) is 0 Å². The molecule has 3 rings (SSSR count). The third-order valence-corrected chi connectivity index (χ3v) is 3.75. The molecule has 19 heavy (non-hydrogen) atoms. The first-order chi connectivity index (χ1) is 9.24. The monoisotopic (exact) mass is 277 g/mol. The average molecular weight is 278 g/mol. The van der Waals surface area contributed by atoms with E-state index in [9.17, 15) is 0 Å². The maximum Gasteiger partial charge on any atom is 0.241 e. The molecular weight excluding hydrogens is 262 g/mol. The van der Waals surface area contributed by atoms with E-state index in [4.69, 9.17) is 16.3 Å². The summed E-state index contributed by atoms with van der Waals surface area (Å²) in [6, 6.07) is 7.80. The van der Waals surface area contributed by atoms with E-state index in [1.165, 1.54) is 0 Å². The summed E-state index contributed by atoms with van der Waals surface area (Å²) in [6.07, 6.45) is 2.39. The van der Waals surface area contributed by atoms with Gasteiger partial charge in [0, 0.05) is 17.3 Å². The molecule has 4 nitrogen and oxygen atoms in total. The average Bonchev–Trinajstić information content (AvgIpc) is 2.42. The van der Waals surface area contributed by atoms with Crippen LogP contribution >= 0.6 is 11.6 Å². The second-order valence-corrected chi connectivity index (χ2v) is 5.34. The van der Waals surface area contributed by atoms with E-state index in [1.54, 1.807) is 0 Å². The Balaban J connectivity index is 1.90. The van der Waals surface area contributed by atoms with Gasteiger partial charge in [-0.1, -0.05) is 29.8 Å². The Morgan fingerprint density at radius 1 is 1.26 bits per heavy atom. The lowest BCUT2D eigenvalue weighted by Gasteiger charge is -2.29. The first kappa shape index (κ1) is 12.6. The number of likely N-dealkylation sites (N-methyl/N-ethyl adjacent to an activating group) is 1. The minimum absolute atomic E-state index is 0.178. The van der Waals surface area contributed by atoms with Crippen molar-refractivity contribution in [1.29, 1.82) is 0 Å². The van der Waals surface area contributed by atoms with E-state index >= 15 is 0 Å². The molecule has 2 heterocycles. The minimum Gasteiger partial charge on any atom is -0.471 e. The summed E-state index contributed by atoms with van der Waals surface area (Å²) in [5, 5.41) is 10.3. The van der Waals surface area contributed by atoms with E-state index in [0.29, 0.717) is 11.0 Å². The highest BCUT2D eigenvalue weighted by Crippen LogP contribution is 2.28. The van der Waals surface area contributed by atoms with E-state index in [1.807, 2.05) is 24.3 Å². The molecule has 1 aromatic heterocycles. The van der Waals surface area contributed by atoms with Crippen molar-refractivity contribution >= 4 is 22.4 Å². The van der Waals surface area contributed by atoms with Gasteiger partial charge in [0.05, 0.1) is 0 Å². The zero-order valence-electron chi connectivity index (χ0n) is 10.8. The number of halogens is 1. The molecule has 0 radical (unpaired) electrons. The number of fused-ring (bicyclic) bond motifs is 1. The van der Waals surface area contributed by atoms with Crippen molar-refractivity contribution in [3.8, 4) is 5.88 Å². The van der Waals surface area contributed by atoms with Gasteiger partial charge in [-0.2, -0.15) is 0 Å². The Labute approximate surface area is 117 Å². The number of piperidine rings is 1. The Hall–Kier alpha value is -1.39. The van der Waals surface area contributed by atoms with Crippen LogP contribution in [-0.2, 0) is 0 Å². The maximum atomic E-state index is 6.06. The Kier molecular flexibility index (Phi) is 3.53. The summed E-state index contributed by atoms with van der Waals surface area (Å²) >= 11 is 6.06. The van der Waals surface area contributed by atoms with E-state index in [2.05, 4.69) is 22.1 Å². The molecule has 1 aromatic carbocycles. The topological polar surface area (TPSA) is 38.2 Å². The number of hydrogen-bond acceptors (Lipinski definition) is 4. The third-order valence-electron chi connectivity index (χ3n) is 3.47. The minimum atomic E-state index is 0.178. The Morgan fingerprint density at radius 2 is 2.05 bits per heavy atom. The van der Waals surface area contributed by atoms with Crippen LogP contribution in [0.25, 0.3) is 10.8 Å². The molecule has 1 fully saturated rings. The lowest BCUT2D eigenvalue weighted by molar-refractivity contribution is 0.101. The molecule has 0 bridgehead atoms. The highest BCUT2D eigenvalue weighted by atomic mass is 35.5. The quantitative estimate of drug-likeness (QED) is 0.846. The normalized spacial score (nSPS) is 20.6. The number of ether oxygens (including phenoxy) is 1. The van der Waals surface area contributed by atoms with Gasteiger partial charge in [-0.05, 0) is 32.5 Å². The summed E-state index contributed by atoms with van der Waals surface area (Å²) in [4.78, 5) is 2.28. The number of nitrogens with zero attached hydrogens (tertiary/aromatic N) is 3. The summed E-state index contributed by atoms with van der Waals surface area (Å²) in [5.74, 6) is 0.584. The van der Waals surface area contributed by atoms with Crippen molar-refractivity contribution < 1.29 is 4.74 Å². The van der Waals surface area contributed by atoms with Crippen LogP contribution in [0, 0.1) is 0 Å². The first-order valence-corrected chi connectivity index (χ1v) is 6.88. The predicted molar refractivity (Wildman–Crippen MR) is 75.7 cm³/mol. The molecule has 0 amide bonds. The summed E-state index contributed by atoms with van der Waals surface area (Å²) in [5.41, 5.74) is 0. The van der Waals surface area contributed by atoms with Gasteiger partial charge in [0.1, 0.15) is 6.10 Å². The lowest BCUT2D eigenvalue weighted by Crippen LogP contribution is -2.38. The third kappa shape index (κ3) is 2.65. The zero-order valence-corrected chi connectivity index (χ0v) is 11.6. The highest BCUT2D eigenvalue weighted by molar-refractivity contribution is 6.34. The van der Waals surface area contributed by atoms with Crippen molar-refractivity contribution in [2.24, 2.45) is 0 Å². The van der Waals surface area contributed by atoms with Gasteiger partial charge >= 0.3 is 0 Å². The largest absolute Gasteiger partial charge is 0.471 e. The molecular formula is C14H16ClN3O. The van der Waals surface area contributed by atoms with Crippen molar-refractivity contribution in [3.05, 3.63) is 29.4 Å². The van der Waals surface area contributed by atoms with Gasteiger partial charge in [0.2, 0.25) is 5.88 Å². The Bertz CT molecular complexity index is 590. The molecule has 0 saturated carbocycles. The van der Waals surface area contributed by atoms with Gasteiger partial charge in [-0.25, -0.2) is 0 Å². The number of hydrogen-bond donors (Lipinski definition) is 0. The second kappa shape index (κ2) is 5.31. The highest BCUT2D eigenvalue weighted by Gasteiger charge is 2.20. The van der Waals surface area contributed by atoms with Gasteiger partial charge < -0.3 is 9.64 Å². The molecule has 1 aliphatic rings. The van der Waals surface area contributed by atoms with Crippen molar-refractivity contribution in [1.82, 2.24) is 15.1 Å². The fourth-order valence-electron chi connectivity index (χ4n) is 2.51. The second-order valence-electron chi connectivity index (χ2n) is 4.99. The van der Waals surface area contributed by atoms with E-state index < -0.39 is 0 Å². The van der Waals surface area contributed by atoms with Crippen LogP contribution in [0.5, 0.6) is 5.88 Å². The Morgan fingerprint density at radius 3 is 2.84 bits per heavy atom. The SMILES string of the molecule is CN1CCCC(Oc2nnc(Cl)c3ccccc23)C1. The number of aromatic nitrogens is 2. The van der Waals surface area contributed by atoms with Crippen molar-refractivity contribution in [2.75, 3.05) is 20.1 Å². The van der Waals surface area contributed by atoms with Gasteiger partial charge in [-0.3, -0.25) is 0 Å². The molecule has 5 heteroatoms. The standard InChI is InChI=1S/C14H16ClN3O/c1-18-8-4-5-10(9-18)19-14-12-7-3-2-6-11(12)13(15)16-17-14/h2-3,6-7,10H,4-5,8-9H2,1H3. The summed E-state index contributed by atoms with van der Waals surface area (Å²) < 4.78 is 6.02. The predicted octanol–water partition coefficient (Wildman–Crippen LogP) is 2.76. The number of likely N-dealkylation sites (tertiary alicyclic amines) is 1. The summed E-state index contributed by atoms with van der Waals surface area (Å²) in [7, 11) is 2.11. The van der Waals surface area contributed by atoms with Crippen LogP contribution in [0.4, 0.5) is 0 Å². The molecule has 1 aliphatic heterocycles. The molecule has 1 atom stereocenters. The number of rotatable bonds is 2. The first-order valence-electron chi connectivity index (χ1n) is 6.50. The van der Waals surface area contributed by atoms with E-state index in [0.717, 1.165) is 36.7 Å². The fraction of sp³-hybridized carbons (Fsp3) is 0.429. The van der Waals surface area contributed by atoms with Gasteiger partial charge in [0.25, 0.3) is 0 Å². The fourth-order valence-corrected chi connectivity index (χ4v) is 2.71. The molecule has 0 aliphatic carbocycles. The maximum absolute atomic E-state index is 6.06.